The second-order valence-corrected chi connectivity index (χ2v) is 8.07. The first kappa shape index (κ1) is 20.9. The lowest BCUT2D eigenvalue weighted by atomic mass is 10.2. The zero-order chi connectivity index (χ0) is 21.6. The number of piperazine rings is 1. The minimum Gasteiger partial charge on any atom is -0.497 e. The minimum absolute atomic E-state index is 0.0523. The third-order valence-corrected chi connectivity index (χ3v) is 6.00. The molecule has 3 aromatic rings. The van der Waals surface area contributed by atoms with E-state index in [-0.39, 0.29) is 18.2 Å². The van der Waals surface area contributed by atoms with E-state index in [4.69, 9.17) is 4.74 Å². The van der Waals surface area contributed by atoms with Gasteiger partial charge in [0.15, 0.2) is 5.13 Å². The fourth-order valence-electron chi connectivity index (χ4n) is 3.49. The maximum Gasteiger partial charge on any atom is 0.257 e. The summed E-state index contributed by atoms with van der Waals surface area (Å²) in [7, 11) is 1.66. The highest BCUT2D eigenvalue weighted by Gasteiger charge is 2.22. The average molecular weight is 437 g/mol. The van der Waals surface area contributed by atoms with Gasteiger partial charge < -0.3 is 14.5 Å². The SMILES string of the molecule is COc1cccc(N2CCN(C(=O)Cc3csc(NC(=O)c4ccccc4)n3)CC2)c1. The molecule has 1 aromatic heterocycles. The van der Waals surface area contributed by atoms with Gasteiger partial charge in [-0.3, -0.25) is 14.9 Å². The number of nitrogens with zero attached hydrogens (tertiary/aromatic N) is 3. The first-order chi connectivity index (χ1) is 15.1. The molecule has 0 saturated carbocycles. The van der Waals surface area contributed by atoms with Crippen LogP contribution >= 0.6 is 11.3 Å². The second-order valence-electron chi connectivity index (χ2n) is 7.21. The number of nitrogens with one attached hydrogen (secondary N) is 1. The van der Waals surface area contributed by atoms with E-state index in [9.17, 15) is 9.59 Å². The van der Waals surface area contributed by atoms with Crippen molar-refractivity contribution in [2.75, 3.05) is 43.5 Å². The van der Waals surface area contributed by atoms with Crippen LogP contribution in [0.15, 0.2) is 60.0 Å². The third-order valence-electron chi connectivity index (χ3n) is 5.19. The molecule has 1 saturated heterocycles. The van der Waals surface area contributed by atoms with Crippen LogP contribution in [0.3, 0.4) is 0 Å². The van der Waals surface area contributed by atoms with Crippen molar-refractivity contribution in [3.8, 4) is 5.75 Å². The standard InChI is InChI=1S/C23H24N4O3S/c1-30-20-9-5-8-19(15-20)26-10-12-27(13-11-26)21(28)14-18-16-31-23(24-18)25-22(29)17-6-3-2-4-7-17/h2-9,15-16H,10-14H2,1H3,(H,24,25,29). The molecule has 2 aromatic carbocycles. The number of hydrogen-bond acceptors (Lipinski definition) is 6. The lowest BCUT2D eigenvalue weighted by molar-refractivity contribution is -0.130. The predicted molar refractivity (Wildman–Crippen MR) is 122 cm³/mol. The van der Waals surface area contributed by atoms with E-state index in [0.29, 0.717) is 29.5 Å². The summed E-state index contributed by atoms with van der Waals surface area (Å²) >= 11 is 1.33. The molecule has 1 aliphatic rings. The van der Waals surface area contributed by atoms with Gasteiger partial charge in [0.2, 0.25) is 5.91 Å². The van der Waals surface area contributed by atoms with Crippen LogP contribution in [-0.4, -0.2) is 55.0 Å². The smallest absolute Gasteiger partial charge is 0.257 e. The van der Waals surface area contributed by atoms with Crippen molar-refractivity contribution in [1.82, 2.24) is 9.88 Å². The monoisotopic (exact) mass is 436 g/mol. The Hall–Kier alpha value is -3.39. The van der Waals surface area contributed by atoms with Crippen molar-refractivity contribution in [3.05, 3.63) is 71.2 Å². The summed E-state index contributed by atoms with van der Waals surface area (Å²) < 4.78 is 5.30. The Morgan fingerprint density at radius 1 is 1.06 bits per heavy atom. The van der Waals surface area contributed by atoms with E-state index < -0.39 is 0 Å². The van der Waals surface area contributed by atoms with Gasteiger partial charge in [0.05, 0.1) is 19.2 Å². The Bertz CT molecular complexity index is 1050. The minimum atomic E-state index is -0.207. The van der Waals surface area contributed by atoms with Crippen molar-refractivity contribution in [1.29, 1.82) is 0 Å². The fraction of sp³-hybridized carbons (Fsp3) is 0.261. The van der Waals surface area contributed by atoms with E-state index in [1.807, 2.05) is 46.7 Å². The van der Waals surface area contributed by atoms with Crippen LogP contribution in [-0.2, 0) is 11.2 Å². The van der Waals surface area contributed by atoms with Crippen molar-refractivity contribution < 1.29 is 14.3 Å². The van der Waals surface area contributed by atoms with Crippen molar-refractivity contribution in [2.45, 2.75) is 6.42 Å². The number of methoxy groups -OCH3 is 1. The zero-order valence-electron chi connectivity index (χ0n) is 17.3. The molecule has 0 radical (unpaired) electrons. The topological polar surface area (TPSA) is 74.8 Å². The first-order valence-electron chi connectivity index (χ1n) is 10.1. The van der Waals surface area contributed by atoms with Gasteiger partial charge in [0.25, 0.3) is 5.91 Å². The number of anilines is 2. The molecule has 1 N–H and O–H groups in total. The number of ether oxygens (including phenoxy) is 1. The lowest BCUT2D eigenvalue weighted by Gasteiger charge is -2.36. The van der Waals surface area contributed by atoms with Crippen LogP contribution in [0.2, 0.25) is 0 Å². The van der Waals surface area contributed by atoms with E-state index in [1.165, 1.54) is 11.3 Å². The van der Waals surface area contributed by atoms with Gasteiger partial charge in [-0.15, -0.1) is 11.3 Å². The van der Waals surface area contributed by atoms with Gasteiger partial charge in [0, 0.05) is 48.9 Å². The number of thiazole rings is 1. The number of hydrogen-bond donors (Lipinski definition) is 1. The highest BCUT2D eigenvalue weighted by Crippen LogP contribution is 2.23. The van der Waals surface area contributed by atoms with Crippen LogP contribution < -0.4 is 15.0 Å². The molecule has 160 valence electrons. The Morgan fingerprint density at radius 2 is 1.84 bits per heavy atom. The van der Waals surface area contributed by atoms with Gasteiger partial charge in [-0.25, -0.2) is 4.98 Å². The van der Waals surface area contributed by atoms with E-state index in [2.05, 4.69) is 21.3 Å². The highest BCUT2D eigenvalue weighted by molar-refractivity contribution is 7.14. The number of carbonyl (C=O) groups is 2. The highest BCUT2D eigenvalue weighted by atomic mass is 32.1. The molecule has 4 rings (SSSR count). The summed E-state index contributed by atoms with van der Waals surface area (Å²) in [5, 5.41) is 5.12. The molecule has 1 aliphatic heterocycles. The molecule has 31 heavy (non-hydrogen) atoms. The van der Waals surface area contributed by atoms with Crippen LogP contribution in [0.25, 0.3) is 0 Å². The van der Waals surface area contributed by atoms with Gasteiger partial charge in [-0.05, 0) is 24.3 Å². The van der Waals surface area contributed by atoms with E-state index in [1.54, 1.807) is 19.2 Å². The second kappa shape index (κ2) is 9.61. The van der Waals surface area contributed by atoms with Crippen LogP contribution in [0.1, 0.15) is 16.1 Å². The maximum atomic E-state index is 12.7. The molecule has 0 aliphatic carbocycles. The van der Waals surface area contributed by atoms with Gasteiger partial charge in [-0.1, -0.05) is 24.3 Å². The molecular formula is C23H24N4O3S. The molecule has 0 spiro atoms. The Morgan fingerprint density at radius 3 is 2.58 bits per heavy atom. The molecule has 1 fully saturated rings. The Balaban J connectivity index is 1.29. The zero-order valence-corrected chi connectivity index (χ0v) is 18.1. The molecule has 2 amide bonds. The molecule has 0 unspecified atom stereocenters. The number of benzene rings is 2. The summed E-state index contributed by atoms with van der Waals surface area (Å²) in [4.78, 5) is 33.5. The molecule has 8 heteroatoms. The number of rotatable bonds is 6. The fourth-order valence-corrected chi connectivity index (χ4v) is 4.20. The summed E-state index contributed by atoms with van der Waals surface area (Å²) in [5.74, 6) is 0.674. The quantitative estimate of drug-likeness (QED) is 0.642. The normalized spacial score (nSPS) is 13.7. The van der Waals surface area contributed by atoms with E-state index >= 15 is 0 Å². The first-order valence-corrected chi connectivity index (χ1v) is 11.0. The average Bonchev–Trinajstić information content (AvgIpc) is 3.26. The number of aromatic nitrogens is 1. The van der Waals surface area contributed by atoms with Gasteiger partial charge in [-0.2, -0.15) is 0 Å². The van der Waals surface area contributed by atoms with Gasteiger partial charge >= 0.3 is 0 Å². The molecule has 0 atom stereocenters. The third kappa shape index (κ3) is 5.21. The predicted octanol–water partition coefficient (Wildman–Crippen LogP) is 3.30. The summed E-state index contributed by atoms with van der Waals surface area (Å²) in [6, 6.07) is 17.0. The lowest BCUT2D eigenvalue weighted by Crippen LogP contribution is -2.49. The van der Waals surface area contributed by atoms with Crippen molar-refractivity contribution >= 4 is 34.0 Å². The number of amides is 2. The molecule has 7 nitrogen and oxygen atoms in total. The summed E-state index contributed by atoms with van der Waals surface area (Å²) in [6.45, 7) is 2.87. The Kier molecular flexibility index (Phi) is 6.47. The molecule has 2 heterocycles. The molecule has 0 bridgehead atoms. The summed E-state index contributed by atoms with van der Waals surface area (Å²) in [6.07, 6.45) is 0.233. The Labute approximate surface area is 185 Å². The largest absolute Gasteiger partial charge is 0.497 e. The van der Waals surface area contributed by atoms with Gasteiger partial charge in [0.1, 0.15) is 5.75 Å². The van der Waals surface area contributed by atoms with E-state index in [0.717, 1.165) is 24.5 Å². The van der Waals surface area contributed by atoms with Crippen LogP contribution in [0.4, 0.5) is 10.8 Å². The van der Waals surface area contributed by atoms with Crippen molar-refractivity contribution in [3.63, 3.8) is 0 Å². The van der Waals surface area contributed by atoms with Crippen LogP contribution in [0, 0.1) is 0 Å². The summed E-state index contributed by atoms with van der Waals surface area (Å²) in [5.41, 5.74) is 2.35. The van der Waals surface area contributed by atoms with Crippen molar-refractivity contribution in [2.24, 2.45) is 0 Å². The maximum absolute atomic E-state index is 12.7. The van der Waals surface area contributed by atoms with Crippen LogP contribution in [0.5, 0.6) is 5.75 Å². The molecular weight excluding hydrogens is 412 g/mol. The number of carbonyl (C=O) groups excluding carboxylic acids is 2.